The van der Waals surface area contributed by atoms with Gasteiger partial charge in [-0.25, -0.2) is 9.78 Å². The van der Waals surface area contributed by atoms with Crippen molar-refractivity contribution in [1.82, 2.24) is 4.98 Å². The van der Waals surface area contributed by atoms with Gasteiger partial charge in [0.05, 0.1) is 11.1 Å². The highest BCUT2D eigenvalue weighted by Crippen LogP contribution is 2.31. The number of halogens is 3. The molecule has 1 heterocycles. The number of alkyl halides is 3. The molecule has 0 amide bonds. The van der Waals surface area contributed by atoms with E-state index in [0.717, 1.165) is 18.3 Å². The lowest BCUT2D eigenvalue weighted by Crippen LogP contribution is -2.05. The Bertz CT molecular complexity index is 683. The van der Waals surface area contributed by atoms with Gasteiger partial charge in [0.2, 0.25) is 5.88 Å². The summed E-state index contributed by atoms with van der Waals surface area (Å²) in [4.78, 5) is 14.6. The maximum absolute atomic E-state index is 12.6. The third-order valence-electron chi connectivity index (χ3n) is 2.71. The lowest BCUT2D eigenvalue weighted by molar-refractivity contribution is -0.137. The molecule has 7 heteroatoms. The molecule has 2 aromatic rings. The number of aryl methyl sites for hydroxylation is 1. The van der Waals surface area contributed by atoms with Crippen LogP contribution in [-0.4, -0.2) is 16.1 Å². The maximum Gasteiger partial charge on any atom is 0.416 e. The Morgan fingerprint density at radius 3 is 2.52 bits per heavy atom. The van der Waals surface area contributed by atoms with E-state index < -0.39 is 17.7 Å². The average Bonchev–Trinajstić information content (AvgIpc) is 2.37. The second-order valence-electron chi connectivity index (χ2n) is 4.26. The minimum absolute atomic E-state index is 0.0966. The third kappa shape index (κ3) is 3.50. The molecule has 1 aromatic carbocycles. The molecule has 0 radical (unpaired) electrons. The summed E-state index contributed by atoms with van der Waals surface area (Å²) in [6, 6.07) is 5.72. The normalized spacial score (nSPS) is 11.2. The van der Waals surface area contributed by atoms with Crippen molar-refractivity contribution in [2.75, 3.05) is 0 Å². The van der Waals surface area contributed by atoms with Crippen LogP contribution in [-0.2, 0) is 6.18 Å². The van der Waals surface area contributed by atoms with Crippen LogP contribution in [0.2, 0.25) is 0 Å². The highest BCUT2D eigenvalue weighted by Gasteiger charge is 2.31. The Balaban J connectivity index is 2.27. The van der Waals surface area contributed by atoms with Crippen molar-refractivity contribution >= 4 is 5.97 Å². The summed E-state index contributed by atoms with van der Waals surface area (Å²) in [5.41, 5.74) is -0.335. The van der Waals surface area contributed by atoms with Gasteiger partial charge < -0.3 is 9.84 Å². The summed E-state index contributed by atoms with van der Waals surface area (Å²) < 4.78 is 42.9. The number of aromatic nitrogens is 1. The van der Waals surface area contributed by atoms with E-state index in [2.05, 4.69) is 4.98 Å². The highest BCUT2D eigenvalue weighted by atomic mass is 19.4. The molecule has 0 spiro atoms. The fraction of sp³-hybridized carbons (Fsp3) is 0.143. The summed E-state index contributed by atoms with van der Waals surface area (Å²) >= 11 is 0. The number of carboxylic acids is 1. The molecule has 4 nitrogen and oxygen atoms in total. The third-order valence-corrected chi connectivity index (χ3v) is 2.71. The van der Waals surface area contributed by atoms with E-state index in [9.17, 15) is 18.0 Å². The van der Waals surface area contributed by atoms with Gasteiger partial charge in [-0.15, -0.1) is 0 Å². The van der Waals surface area contributed by atoms with Crippen molar-refractivity contribution in [2.45, 2.75) is 13.1 Å². The van der Waals surface area contributed by atoms with Crippen LogP contribution in [0.3, 0.4) is 0 Å². The van der Waals surface area contributed by atoms with Gasteiger partial charge in [0.15, 0.2) is 0 Å². The minimum Gasteiger partial charge on any atom is -0.478 e. The molecule has 0 atom stereocenters. The second kappa shape index (κ2) is 5.43. The number of benzene rings is 1. The van der Waals surface area contributed by atoms with Gasteiger partial charge in [-0.1, -0.05) is 0 Å². The molecule has 0 aliphatic carbocycles. The predicted molar refractivity (Wildman–Crippen MR) is 67.5 cm³/mol. The topological polar surface area (TPSA) is 59.4 Å². The van der Waals surface area contributed by atoms with Crippen LogP contribution in [0.1, 0.15) is 21.5 Å². The summed E-state index contributed by atoms with van der Waals surface area (Å²) in [5, 5.41) is 8.89. The average molecular weight is 297 g/mol. The van der Waals surface area contributed by atoms with Gasteiger partial charge in [-0.3, -0.25) is 0 Å². The number of hydrogen-bond acceptors (Lipinski definition) is 3. The zero-order valence-corrected chi connectivity index (χ0v) is 10.8. The summed E-state index contributed by atoms with van der Waals surface area (Å²) in [6.45, 7) is 1.57. The quantitative estimate of drug-likeness (QED) is 0.933. The number of aromatic carboxylic acids is 1. The van der Waals surface area contributed by atoms with Crippen LogP contribution < -0.4 is 4.74 Å². The van der Waals surface area contributed by atoms with Crippen LogP contribution in [0.15, 0.2) is 36.5 Å². The minimum atomic E-state index is -4.48. The molecule has 0 aliphatic heterocycles. The monoisotopic (exact) mass is 297 g/mol. The van der Waals surface area contributed by atoms with Crippen molar-refractivity contribution in [2.24, 2.45) is 0 Å². The van der Waals surface area contributed by atoms with E-state index in [-0.39, 0.29) is 17.2 Å². The molecular formula is C14H10F3NO3. The molecule has 0 aliphatic rings. The largest absolute Gasteiger partial charge is 0.478 e. The zero-order chi connectivity index (χ0) is 15.6. The summed E-state index contributed by atoms with van der Waals surface area (Å²) in [7, 11) is 0. The lowest BCUT2D eigenvalue weighted by atomic mass is 10.1. The van der Waals surface area contributed by atoms with Crippen molar-refractivity contribution in [3.05, 3.63) is 53.2 Å². The van der Waals surface area contributed by atoms with Crippen LogP contribution in [0.4, 0.5) is 13.2 Å². The van der Waals surface area contributed by atoms with Crippen molar-refractivity contribution in [3.8, 4) is 11.6 Å². The number of hydrogen-bond donors (Lipinski definition) is 1. The van der Waals surface area contributed by atoms with Crippen LogP contribution in [0.25, 0.3) is 0 Å². The van der Waals surface area contributed by atoms with E-state index in [1.807, 2.05) is 0 Å². The second-order valence-corrected chi connectivity index (χ2v) is 4.26. The fourth-order valence-electron chi connectivity index (χ4n) is 1.70. The van der Waals surface area contributed by atoms with Crippen LogP contribution in [0, 0.1) is 6.92 Å². The van der Waals surface area contributed by atoms with E-state index in [0.29, 0.717) is 5.56 Å². The summed E-state index contributed by atoms with van der Waals surface area (Å²) in [5.74, 6) is -1.09. The van der Waals surface area contributed by atoms with Gasteiger partial charge in [0, 0.05) is 12.3 Å². The Hall–Kier alpha value is -2.57. The standard InChI is InChI=1S/C14H10F3NO3/c1-8-6-10(2-3-11(8)13(19)20)21-12-7-9(4-5-18-12)14(15,16)17/h2-7H,1H3,(H,19,20). The number of carbonyl (C=O) groups is 1. The number of ether oxygens (including phenoxy) is 1. The van der Waals surface area contributed by atoms with Gasteiger partial charge >= 0.3 is 12.1 Å². The Morgan fingerprint density at radius 2 is 1.95 bits per heavy atom. The Kier molecular flexibility index (Phi) is 3.84. The lowest BCUT2D eigenvalue weighted by Gasteiger charge is -2.10. The first kappa shape index (κ1) is 14.8. The first-order chi connectivity index (χ1) is 9.77. The first-order valence-corrected chi connectivity index (χ1v) is 5.82. The molecule has 0 bridgehead atoms. The van der Waals surface area contributed by atoms with Gasteiger partial charge in [0.25, 0.3) is 0 Å². The van der Waals surface area contributed by atoms with Crippen molar-refractivity contribution in [1.29, 1.82) is 0 Å². The first-order valence-electron chi connectivity index (χ1n) is 5.82. The van der Waals surface area contributed by atoms with Crippen molar-refractivity contribution < 1.29 is 27.8 Å². The number of carboxylic acid groups (broad SMARTS) is 1. The van der Waals surface area contributed by atoms with Crippen LogP contribution >= 0.6 is 0 Å². The maximum atomic E-state index is 12.6. The molecule has 2 rings (SSSR count). The smallest absolute Gasteiger partial charge is 0.416 e. The molecule has 0 saturated carbocycles. The SMILES string of the molecule is Cc1cc(Oc2cc(C(F)(F)F)ccn2)ccc1C(=O)O. The van der Waals surface area contributed by atoms with Crippen LogP contribution in [0.5, 0.6) is 11.6 Å². The molecule has 0 saturated heterocycles. The van der Waals surface area contributed by atoms with E-state index in [4.69, 9.17) is 9.84 Å². The Labute approximate surface area is 117 Å². The van der Waals surface area contributed by atoms with Crippen molar-refractivity contribution in [3.63, 3.8) is 0 Å². The molecule has 1 aromatic heterocycles. The molecule has 0 unspecified atom stereocenters. The Morgan fingerprint density at radius 1 is 1.24 bits per heavy atom. The van der Waals surface area contributed by atoms with E-state index in [1.165, 1.54) is 18.2 Å². The van der Waals surface area contributed by atoms with Gasteiger partial charge in [-0.2, -0.15) is 13.2 Å². The number of rotatable bonds is 3. The fourth-order valence-corrected chi connectivity index (χ4v) is 1.70. The zero-order valence-electron chi connectivity index (χ0n) is 10.8. The molecule has 110 valence electrons. The van der Waals surface area contributed by atoms with Gasteiger partial charge in [-0.05, 0) is 36.8 Å². The molecule has 0 fully saturated rings. The van der Waals surface area contributed by atoms with E-state index >= 15 is 0 Å². The molecular weight excluding hydrogens is 287 g/mol. The van der Waals surface area contributed by atoms with Gasteiger partial charge in [0.1, 0.15) is 5.75 Å². The predicted octanol–water partition coefficient (Wildman–Crippen LogP) is 3.90. The molecule has 1 N–H and O–H groups in total. The highest BCUT2D eigenvalue weighted by molar-refractivity contribution is 5.89. The number of nitrogens with zero attached hydrogens (tertiary/aromatic N) is 1. The number of pyridine rings is 1. The summed E-state index contributed by atoms with van der Waals surface area (Å²) in [6.07, 6.45) is -3.49. The molecule has 21 heavy (non-hydrogen) atoms. The van der Waals surface area contributed by atoms with E-state index in [1.54, 1.807) is 6.92 Å².